The van der Waals surface area contributed by atoms with Crippen molar-refractivity contribution in [3.63, 3.8) is 0 Å². The van der Waals surface area contributed by atoms with Gasteiger partial charge in [0.25, 0.3) is 0 Å². The molecule has 18 heavy (non-hydrogen) atoms. The third-order valence-electron chi connectivity index (χ3n) is 2.62. The van der Waals surface area contributed by atoms with Crippen molar-refractivity contribution >= 4 is 0 Å². The maximum absolute atomic E-state index is 12.7. The molecule has 2 nitrogen and oxygen atoms in total. The largest absolute Gasteiger partial charge is 0.489 e. The predicted octanol–water partition coefficient (Wildman–Crippen LogP) is 2.94. The van der Waals surface area contributed by atoms with Crippen LogP contribution in [-0.2, 0) is 13.0 Å². The van der Waals surface area contributed by atoms with Gasteiger partial charge in [0.05, 0.1) is 0 Å². The van der Waals surface area contributed by atoms with E-state index < -0.39 is 0 Å². The Bertz CT molecular complexity index is 494. The minimum absolute atomic E-state index is 0.126. The highest BCUT2D eigenvalue weighted by molar-refractivity contribution is 5.29. The summed E-state index contributed by atoms with van der Waals surface area (Å²) < 4.78 is 18.3. The van der Waals surface area contributed by atoms with Crippen molar-refractivity contribution in [2.75, 3.05) is 6.61 Å². The summed E-state index contributed by atoms with van der Waals surface area (Å²) >= 11 is 0. The number of hydrogen-bond acceptors (Lipinski definition) is 2. The lowest BCUT2D eigenvalue weighted by molar-refractivity contribution is 0.296. The molecule has 0 aliphatic heterocycles. The van der Waals surface area contributed by atoms with Crippen LogP contribution in [0.5, 0.6) is 5.75 Å². The van der Waals surface area contributed by atoms with E-state index >= 15 is 0 Å². The zero-order chi connectivity index (χ0) is 12.8. The van der Waals surface area contributed by atoms with Crippen LogP contribution < -0.4 is 4.74 Å². The first kappa shape index (κ1) is 12.6. The Morgan fingerprint density at radius 2 is 1.78 bits per heavy atom. The SMILES string of the molecule is OCCc1cccc(OCc2ccc(F)cc2)c1. The van der Waals surface area contributed by atoms with Gasteiger partial charge >= 0.3 is 0 Å². The van der Waals surface area contributed by atoms with E-state index in [2.05, 4.69) is 0 Å². The molecule has 3 heteroatoms. The molecule has 0 radical (unpaired) electrons. The fraction of sp³-hybridized carbons (Fsp3) is 0.200. The Kier molecular flexibility index (Phi) is 4.31. The average Bonchev–Trinajstić information content (AvgIpc) is 2.39. The lowest BCUT2D eigenvalue weighted by Gasteiger charge is -2.07. The minimum Gasteiger partial charge on any atom is -0.489 e. The molecular formula is C15H15FO2. The molecule has 0 amide bonds. The zero-order valence-electron chi connectivity index (χ0n) is 9.97. The number of rotatable bonds is 5. The second-order valence-corrected chi connectivity index (χ2v) is 4.04. The van der Waals surface area contributed by atoms with Crippen molar-refractivity contribution in [1.82, 2.24) is 0 Å². The van der Waals surface area contributed by atoms with Crippen molar-refractivity contribution in [1.29, 1.82) is 0 Å². The summed E-state index contributed by atoms with van der Waals surface area (Å²) in [5.41, 5.74) is 1.96. The Morgan fingerprint density at radius 1 is 1.00 bits per heavy atom. The van der Waals surface area contributed by atoms with Crippen molar-refractivity contribution in [3.05, 3.63) is 65.5 Å². The molecule has 0 unspecified atom stereocenters. The summed E-state index contributed by atoms with van der Waals surface area (Å²) in [7, 11) is 0. The van der Waals surface area contributed by atoms with Crippen LogP contribution in [0.3, 0.4) is 0 Å². The van der Waals surface area contributed by atoms with Gasteiger partial charge in [-0.15, -0.1) is 0 Å². The topological polar surface area (TPSA) is 29.5 Å². The molecule has 0 heterocycles. The quantitative estimate of drug-likeness (QED) is 0.879. The second-order valence-electron chi connectivity index (χ2n) is 4.04. The maximum atomic E-state index is 12.7. The molecule has 94 valence electrons. The molecule has 0 spiro atoms. The van der Waals surface area contributed by atoms with Gasteiger partial charge in [0, 0.05) is 6.61 Å². The van der Waals surface area contributed by atoms with Crippen molar-refractivity contribution in [3.8, 4) is 5.75 Å². The predicted molar refractivity (Wildman–Crippen MR) is 68.0 cm³/mol. The van der Waals surface area contributed by atoms with Crippen LogP contribution in [0.25, 0.3) is 0 Å². The molecule has 0 saturated carbocycles. The molecule has 0 bridgehead atoms. The number of hydrogen-bond donors (Lipinski definition) is 1. The smallest absolute Gasteiger partial charge is 0.123 e. The van der Waals surface area contributed by atoms with Crippen LogP contribution in [0, 0.1) is 5.82 Å². The minimum atomic E-state index is -0.247. The monoisotopic (exact) mass is 246 g/mol. The van der Waals surface area contributed by atoms with E-state index in [1.165, 1.54) is 12.1 Å². The second kappa shape index (κ2) is 6.17. The Balaban J connectivity index is 1.97. The summed E-state index contributed by atoms with van der Waals surface area (Å²) in [6, 6.07) is 13.8. The fourth-order valence-electron chi connectivity index (χ4n) is 1.67. The van der Waals surface area contributed by atoms with Gasteiger partial charge in [-0.3, -0.25) is 0 Å². The van der Waals surface area contributed by atoms with E-state index in [9.17, 15) is 4.39 Å². The number of aliphatic hydroxyl groups is 1. The van der Waals surface area contributed by atoms with E-state index in [0.29, 0.717) is 13.0 Å². The van der Waals surface area contributed by atoms with E-state index in [4.69, 9.17) is 9.84 Å². The normalized spacial score (nSPS) is 10.3. The summed E-state index contributed by atoms with van der Waals surface area (Å²) in [5.74, 6) is 0.508. The fourth-order valence-corrected chi connectivity index (χ4v) is 1.67. The molecule has 0 atom stereocenters. The van der Waals surface area contributed by atoms with Gasteiger partial charge in [-0.05, 0) is 41.8 Å². The molecule has 0 saturated heterocycles. The molecule has 0 aromatic heterocycles. The van der Waals surface area contributed by atoms with Gasteiger partial charge in [-0.25, -0.2) is 4.39 Å². The van der Waals surface area contributed by atoms with Gasteiger partial charge in [0.15, 0.2) is 0 Å². The van der Waals surface area contributed by atoms with Gasteiger partial charge in [-0.1, -0.05) is 24.3 Å². The van der Waals surface area contributed by atoms with Crippen LogP contribution >= 0.6 is 0 Å². The average molecular weight is 246 g/mol. The number of benzene rings is 2. The number of halogens is 1. The van der Waals surface area contributed by atoms with E-state index in [1.807, 2.05) is 24.3 Å². The Morgan fingerprint density at radius 3 is 2.50 bits per heavy atom. The molecule has 0 fully saturated rings. The first-order valence-electron chi connectivity index (χ1n) is 5.85. The third kappa shape index (κ3) is 3.57. The van der Waals surface area contributed by atoms with E-state index in [-0.39, 0.29) is 12.4 Å². The zero-order valence-corrected chi connectivity index (χ0v) is 9.97. The summed E-state index contributed by atoms with van der Waals surface area (Å²) in [6.07, 6.45) is 0.619. The molecule has 2 aromatic rings. The van der Waals surface area contributed by atoms with Crippen LogP contribution in [0.1, 0.15) is 11.1 Å². The summed E-state index contributed by atoms with van der Waals surface area (Å²) in [5, 5.41) is 8.87. The number of aliphatic hydroxyl groups excluding tert-OH is 1. The highest BCUT2D eigenvalue weighted by Crippen LogP contribution is 2.15. The number of ether oxygens (including phenoxy) is 1. The molecule has 0 aliphatic carbocycles. The molecule has 0 aliphatic rings. The van der Waals surface area contributed by atoms with Crippen molar-refractivity contribution in [2.24, 2.45) is 0 Å². The molecule has 1 N–H and O–H groups in total. The summed E-state index contributed by atoms with van der Waals surface area (Å²) in [6.45, 7) is 0.532. The standard InChI is InChI=1S/C15H15FO2/c16-14-6-4-13(5-7-14)11-18-15-3-1-2-12(10-15)8-9-17/h1-7,10,17H,8-9,11H2. The van der Waals surface area contributed by atoms with Gasteiger partial charge in [0.2, 0.25) is 0 Å². The lowest BCUT2D eigenvalue weighted by Crippen LogP contribution is -1.97. The van der Waals surface area contributed by atoms with Crippen LogP contribution in [0.4, 0.5) is 4.39 Å². The highest BCUT2D eigenvalue weighted by Gasteiger charge is 1.98. The molecule has 2 aromatic carbocycles. The maximum Gasteiger partial charge on any atom is 0.123 e. The van der Waals surface area contributed by atoms with E-state index in [1.54, 1.807) is 12.1 Å². The first-order valence-corrected chi connectivity index (χ1v) is 5.85. The van der Waals surface area contributed by atoms with Crippen molar-refractivity contribution in [2.45, 2.75) is 13.0 Å². The van der Waals surface area contributed by atoms with Crippen LogP contribution in [0.15, 0.2) is 48.5 Å². The molecular weight excluding hydrogens is 231 g/mol. The Labute approximate surface area is 106 Å². The lowest BCUT2D eigenvalue weighted by atomic mass is 10.1. The van der Waals surface area contributed by atoms with Crippen molar-refractivity contribution < 1.29 is 14.2 Å². The first-order chi connectivity index (χ1) is 8.78. The van der Waals surface area contributed by atoms with Crippen LogP contribution in [-0.4, -0.2) is 11.7 Å². The summed E-state index contributed by atoms with van der Waals surface area (Å²) in [4.78, 5) is 0. The molecule has 2 rings (SSSR count). The van der Waals surface area contributed by atoms with E-state index in [0.717, 1.165) is 16.9 Å². The van der Waals surface area contributed by atoms with Gasteiger partial charge < -0.3 is 9.84 Å². The van der Waals surface area contributed by atoms with Crippen LogP contribution in [0.2, 0.25) is 0 Å². The van der Waals surface area contributed by atoms with Gasteiger partial charge in [-0.2, -0.15) is 0 Å². The Hall–Kier alpha value is -1.87. The third-order valence-corrected chi connectivity index (χ3v) is 2.62. The van der Waals surface area contributed by atoms with Gasteiger partial charge in [0.1, 0.15) is 18.2 Å². The highest BCUT2D eigenvalue weighted by atomic mass is 19.1.